The number of benzene rings is 2. The van der Waals surface area contributed by atoms with Gasteiger partial charge in [-0.2, -0.15) is 0 Å². The maximum absolute atomic E-state index is 12.4. The molecule has 172 valence electrons. The molecule has 0 saturated carbocycles. The van der Waals surface area contributed by atoms with Crippen molar-refractivity contribution >= 4 is 46.3 Å². The number of aromatic nitrogens is 1. The molecular formula is C22H21N3O6S2. The normalized spacial score (nSPS) is 11.5. The van der Waals surface area contributed by atoms with Crippen LogP contribution < -0.4 is 10.1 Å². The van der Waals surface area contributed by atoms with Crippen molar-refractivity contribution in [2.24, 2.45) is 0 Å². The van der Waals surface area contributed by atoms with Gasteiger partial charge in [0.05, 0.1) is 34.4 Å². The number of nitrogens with zero attached hydrogens (tertiary/aromatic N) is 2. The fourth-order valence-corrected chi connectivity index (χ4v) is 4.24. The van der Waals surface area contributed by atoms with E-state index in [9.17, 15) is 19.7 Å². The van der Waals surface area contributed by atoms with Gasteiger partial charge in [0.2, 0.25) is 0 Å². The number of nitro benzene ring substituents is 1. The van der Waals surface area contributed by atoms with Crippen molar-refractivity contribution in [2.75, 3.05) is 12.4 Å². The van der Waals surface area contributed by atoms with Crippen molar-refractivity contribution < 1.29 is 24.0 Å². The Kier molecular flexibility index (Phi) is 8.01. The highest BCUT2D eigenvalue weighted by Crippen LogP contribution is 2.29. The number of thiazole rings is 1. The van der Waals surface area contributed by atoms with Gasteiger partial charge in [-0.05, 0) is 50.2 Å². The van der Waals surface area contributed by atoms with Gasteiger partial charge in [0, 0.05) is 16.0 Å². The molecule has 9 nitrogen and oxygen atoms in total. The van der Waals surface area contributed by atoms with Crippen LogP contribution in [0.15, 0.2) is 52.7 Å². The predicted molar refractivity (Wildman–Crippen MR) is 126 cm³/mol. The molecule has 0 aliphatic carbocycles. The number of hydrogen-bond donors (Lipinski definition) is 1. The van der Waals surface area contributed by atoms with Crippen LogP contribution in [0.2, 0.25) is 0 Å². The first-order chi connectivity index (χ1) is 15.8. The zero-order valence-corrected chi connectivity index (χ0v) is 19.7. The van der Waals surface area contributed by atoms with Gasteiger partial charge in [0.1, 0.15) is 11.4 Å². The third kappa shape index (κ3) is 6.53. The Balaban J connectivity index is 1.57. The monoisotopic (exact) mass is 487 g/mol. The van der Waals surface area contributed by atoms with Gasteiger partial charge < -0.3 is 14.8 Å². The average molecular weight is 488 g/mol. The second-order valence-electron chi connectivity index (χ2n) is 6.85. The molecule has 0 aliphatic heterocycles. The van der Waals surface area contributed by atoms with E-state index in [4.69, 9.17) is 9.47 Å². The first kappa shape index (κ1) is 24.2. The number of ether oxygens (including phenoxy) is 2. The largest absolute Gasteiger partial charge is 0.496 e. The third-order valence-electron chi connectivity index (χ3n) is 4.46. The number of nitro groups is 1. The highest BCUT2D eigenvalue weighted by atomic mass is 32.2. The van der Waals surface area contributed by atoms with Crippen LogP contribution >= 0.6 is 23.1 Å². The molecule has 0 radical (unpaired) electrons. The van der Waals surface area contributed by atoms with Gasteiger partial charge in [0.25, 0.3) is 11.6 Å². The highest BCUT2D eigenvalue weighted by molar-refractivity contribution is 7.98. The maximum atomic E-state index is 12.4. The number of esters is 1. The highest BCUT2D eigenvalue weighted by Gasteiger charge is 2.23. The van der Waals surface area contributed by atoms with Crippen molar-refractivity contribution in [1.82, 2.24) is 4.98 Å². The number of amides is 1. The Bertz CT molecular complexity index is 1160. The van der Waals surface area contributed by atoms with Gasteiger partial charge in [-0.1, -0.05) is 0 Å². The lowest BCUT2D eigenvalue weighted by Crippen LogP contribution is -2.30. The summed E-state index contributed by atoms with van der Waals surface area (Å²) in [7, 11) is 1.38. The molecule has 0 aliphatic rings. The Labute approximate surface area is 198 Å². The first-order valence-electron chi connectivity index (χ1n) is 9.75. The molecule has 0 spiro atoms. The number of carbonyl (C=O) groups excluding carboxylic acids is 2. The van der Waals surface area contributed by atoms with E-state index in [-0.39, 0.29) is 17.1 Å². The molecule has 0 fully saturated rings. The molecule has 1 heterocycles. The van der Waals surface area contributed by atoms with E-state index < -0.39 is 22.9 Å². The SMILES string of the molecule is COc1ccc(NC(=O)C(C)OC(=O)c2ccc(SCc3csc(C)n3)cc2)c([N+](=O)[O-])c1. The Morgan fingerprint density at radius 1 is 1.24 bits per heavy atom. The molecule has 1 N–H and O–H groups in total. The van der Waals surface area contributed by atoms with Gasteiger partial charge in [0.15, 0.2) is 6.10 Å². The third-order valence-corrected chi connectivity index (χ3v) is 6.32. The summed E-state index contributed by atoms with van der Waals surface area (Å²) in [4.78, 5) is 40.9. The second kappa shape index (κ2) is 10.9. The Morgan fingerprint density at radius 2 is 1.97 bits per heavy atom. The zero-order valence-electron chi connectivity index (χ0n) is 18.1. The van der Waals surface area contributed by atoms with Crippen LogP contribution in [-0.2, 0) is 15.3 Å². The Morgan fingerprint density at radius 3 is 2.58 bits per heavy atom. The van der Waals surface area contributed by atoms with Gasteiger partial charge in [-0.25, -0.2) is 9.78 Å². The quantitative estimate of drug-likeness (QED) is 0.197. The summed E-state index contributed by atoms with van der Waals surface area (Å²) in [5.41, 5.74) is 0.939. The number of aryl methyl sites for hydroxylation is 1. The molecule has 1 unspecified atom stereocenters. The van der Waals surface area contributed by atoms with E-state index in [0.717, 1.165) is 21.3 Å². The molecule has 1 aromatic heterocycles. The van der Waals surface area contributed by atoms with Crippen molar-refractivity contribution in [3.63, 3.8) is 0 Å². The molecular weight excluding hydrogens is 466 g/mol. The van der Waals surface area contributed by atoms with Crippen LogP contribution in [0.4, 0.5) is 11.4 Å². The van der Waals surface area contributed by atoms with E-state index in [2.05, 4.69) is 10.3 Å². The summed E-state index contributed by atoms with van der Waals surface area (Å²) in [5, 5.41) is 16.7. The van der Waals surface area contributed by atoms with Crippen LogP contribution in [0.3, 0.4) is 0 Å². The fraction of sp³-hybridized carbons (Fsp3) is 0.227. The van der Waals surface area contributed by atoms with Gasteiger partial charge >= 0.3 is 5.97 Å². The van der Waals surface area contributed by atoms with Crippen LogP contribution in [0.25, 0.3) is 0 Å². The van der Waals surface area contributed by atoms with E-state index in [1.165, 1.54) is 32.2 Å². The maximum Gasteiger partial charge on any atom is 0.338 e. The molecule has 3 rings (SSSR count). The molecule has 1 atom stereocenters. The first-order valence-corrected chi connectivity index (χ1v) is 11.6. The number of nitrogens with one attached hydrogen (secondary N) is 1. The summed E-state index contributed by atoms with van der Waals surface area (Å²) < 4.78 is 10.2. The molecule has 3 aromatic rings. The minimum Gasteiger partial charge on any atom is -0.496 e. The Hall–Kier alpha value is -3.44. The summed E-state index contributed by atoms with van der Waals surface area (Å²) in [6.45, 7) is 3.35. The molecule has 11 heteroatoms. The molecule has 1 amide bonds. The minimum absolute atomic E-state index is 0.0228. The number of hydrogen-bond acceptors (Lipinski definition) is 9. The van der Waals surface area contributed by atoms with Crippen molar-refractivity contribution in [1.29, 1.82) is 0 Å². The number of thioether (sulfide) groups is 1. The lowest BCUT2D eigenvalue weighted by atomic mass is 10.2. The standard InChI is InChI=1S/C22H21N3O6S2/c1-13(21(26)24-19-9-6-17(30-3)10-20(19)25(28)29)31-22(27)15-4-7-18(8-5-15)33-12-16-11-32-14(2)23-16/h4-11,13H,12H2,1-3H3,(H,24,26). The second-order valence-corrected chi connectivity index (χ2v) is 8.96. The van der Waals surface area contributed by atoms with E-state index >= 15 is 0 Å². The molecule has 2 aromatic carbocycles. The molecule has 33 heavy (non-hydrogen) atoms. The van der Waals surface area contributed by atoms with Crippen LogP contribution in [0, 0.1) is 17.0 Å². The number of anilines is 1. The van der Waals surface area contributed by atoms with Crippen LogP contribution in [0.1, 0.15) is 28.0 Å². The van der Waals surface area contributed by atoms with E-state index in [1.54, 1.807) is 47.4 Å². The van der Waals surface area contributed by atoms with E-state index in [1.807, 2.05) is 12.3 Å². The number of methoxy groups -OCH3 is 1. The van der Waals surface area contributed by atoms with Crippen LogP contribution in [-0.4, -0.2) is 35.0 Å². The average Bonchev–Trinajstić information content (AvgIpc) is 3.23. The smallest absolute Gasteiger partial charge is 0.338 e. The van der Waals surface area contributed by atoms with Crippen LogP contribution in [0.5, 0.6) is 5.75 Å². The number of carbonyl (C=O) groups is 2. The predicted octanol–water partition coefficient (Wildman–Crippen LogP) is 4.84. The molecule has 0 saturated heterocycles. The fourth-order valence-electron chi connectivity index (χ4n) is 2.73. The molecule has 0 bridgehead atoms. The van der Waals surface area contributed by atoms with Crippen molar-refractivity contribution in [3.05, 3.63) is 74.2 Å². The van der Waals surface area contributed by atoms with Crippen molar-refractivity contribution in [3.8, 4) is 5.75 Å². The topological polar surface area (TPSA) is 121 Å². The summed E-state index contributed by atoms with van der Waals surface area (Å²) >= 11 is 3.20. The van der Waals surface area contributed by atoms with Crippen molar-refractivity contribution in [2.45, 2.75) is 30.6 Å². The summed E-state index contributed by atoms with van der Waals surface area (Å²) in [5.74, 6) is -0.360. The lowest BCUT2D eigenvalue weighted by molar-refractivity contribution is -0.384. The zero-order chi connectivity index (χ0) is 24.0. The summed E-state index contributed by atoms with van der Waals surface area (Å²) in [6, 6.07) is 10.9. The van der Waals surface area contributed by atoms with Gasteiger partial charge in [-0.3, -0.25) is 14.9 Å². The summed E-state index contributed by atoms with van der Waals surface area (Å²) in [6.07, 6.45) is -1.17. The number of rotatable bonds is 9. The van der Waals surface area contributed by atoms with Gasteiger partial charge in [-0.15, -0.1) is 23.1 Å². The van der Waals surface area contributed by atoms with E-state index in [0.29, 0.717) is 5.56 Å². The lowest BCUT2D eigenvalue weighted by Gasteiger charge is -2.14. The minimum atomic E-state index is -1.17.